The summed E-state index contributed by atoms with van der Waals surface area (Å²) in [5.41, 5.74) is 0.678. The molecule has 100 valence electrons. The maximum atomic E-state index is 11.9. The van der Waals surface area contributed by atoms with Crippen molar-refractivity contribution >= 4 is 21.6 Å². The van der Waals surface area contributed by atoms with Crippen LogP contribution >= 0.6 is 0 Å². The lowest BCUT2D eigenvalue weighted by atomic mass is 10.2. The lowest BCUT2D eigenvalue weighted by Crippen LogP contribution is -2.18. The molecule has 7 nitrogen and oxygen atoms in total. The molecule has 0 aliphatic carbocycles. The Balaban J connectivity index is 2.27. The smallest absolute Gasteiger partial charge is 0.265 e. The Morgan fingerprint density at radius 2 is 2.16 bits per heavy atom. The van der Waals surface area contributed by atoms with E-state index < -0.39 is 10.0 Å². The molecule has 0 saturated carbocycles. The number of sulfonamides is 1. The first kappa shape index (κ1) is 13.1. The van der Waals surface area contributed by atoms with E-state index in [9.17, 15) is 13.2 Å². The van der Waals surface area contributed by atoms with Crippen LogP contribution in [0.3, 0.4) is 0 Å². The van der Waals surface area contributed by atoms with E-state index in [1.165, 1.54) is 25.5 Å². The Morgan fingerprint density at radius 3 is 2.79 bits per heavy atom. The van der Waals surface area contributed by atoms with Gasteiger partial charge in [0.25, 0.3) is 15.9 Å². The molecule has 3 N–H and O–H groups in total. The number of hydrogen-bond donors (Lipinski definition) is 3. The summed E-state index contributed by atoms with van der Waals surface area (Å²) < 4.78 is 26.3. The summed E-state index contributed by atoms with van der Waals surface area (Å²) in [6, 6.07) is 6.20. The van der Waals surface area contributed by atoms with Crippen LogP contribution in [0.2, 0.25) is 0 Å². The molecule has 0 spiro atoms. The van der Waals surface area contributed by atoms with Crippen molar-refractivity contribution in [3.05, 3.63) is 42.2 Å². The minimum atomic E-state index is -3.69. The number of hydrogen-bond acceptors (Lipinski definition) is 4. The molecule has 1 aromatic carbocycles. The molecular formula is C11H12N4O3S. The molecule has 8 heteroatoms. The fourth-order valence-electron chi connectivity index (χ4n) is 1.47. The number of carbonyl (C=O) groups excluding carboxylic acids is 1. The fourth-order valence-corrected chi connectivity index (χ4v) is 2.42. The minimum Gasteiger partial charge on any atom is -0.355 e. The lowest BCUT2D eigenvalue weighted by molar-refractivity contribution is 0.0963. The average molecular weight is 280 g/mol. The lowest BCUT2D eigenvalue weighted by Gasteiger charge is -2.07. The van der Waals surface area contributed by atoms with Gasteiger partial charge in [0.1, 0.15) is 4.90 Å². The number of amides is 1. The van der Waals surface area contributed by atoms with E-state index in [4.69, 9.17) is 0 Å². The summed E-state index contributed by atoms with van der Waals surface area (Å²) in [5.74, 6) is -0.288. The molecule has 0 unspecified atom stereocenters. The summed E-state index contributed by atoms with van der Waals surface area (Å²) in [6.45, 7) is 0. The predicted molar refractivity (Wildman–Crippen MR) is 69.2 cm³/mol. The first-order valence-electron chi connectivity index (χ1n) is 5.36. The van der Waals surface area contributed by atoms with E-state index in [0.717, 1.165) is 0 Å². The molecule has 0 fully saturated rings. The predicted octanol–water partition coefficient (Wildman–Crippen LogP) is 0.570. The second kappa shape index (κ2) is 5.11. The molecule has 0 radical (unpaired) electrons. The maximum absolute atomic E-state index is 11.9. The summed E-state index contributed by atoms with van der Waals surface area (Å²) in [5, 5.41) is 8.48. The van der Waals surface area contributed by atoms with E-state index in [1.54, 1.807) is 18.2 Å². The molecule has 0 saturated heterocycles. The van der Waals surface area contributed by atoms with Gasteiger partial charge in [0.15, 0.2) is 0 Å². The second-order valence-electron chi connectivity index (χ2n) is 3.70. The second-order valence-corrected chi connectivity index (χ2v) is 5.38. The van der Waals surface area contributed by atoms with Crippen molar-refractivity contribution in [2.75, 3.05) is 11.8 Å². The largest absolute Gasteiger partial charge is 0.355 e. The third kappa shape index (κ3) is 2.91. The summed E-state index contributed by atoms with van der Waals surface area (Å²) in [7, 11) is -2.19. The number of aromatic amines is 1. The first-order chi connectivity index (χ1) is 9.03. The summed E-state index contributed by atoms with van der Waals surface area (Å²) in [4.78, 5) is 11.5. The van der Waals surface area contributed by atoms with Gasteiger partial charge < -0.3 is 5.32 Å². The van der Waals surface area contributed by atoms with Crippen molar-refractivity contribution in [1.82, 2.24) is 15.5 Å². The van der Waals surface area contributed by atoms with Crippen LogP contribution in [0.4, 0.5) is 5.69 Å². The third-order valence-electron chi connectivity index (χ3n) is 2.39. The van der Waals surface area contributed by atoms with Gasteiger partial charge in [0.05, 0.1) is 6.20 Å². The summed E-state index contributed by atoms with van der Waals surface area (Å²) >= 11 is 0. The van der Waals surface area contributed by atoms with Gasteiger partial charge in [-0.25, -0.2) is 8.42 Å². The highest BCUT2D eigenvalue weighted by atomic mass is 32.2. The van der Waals surface area contributed by atoms with E-state index in [1.807, 2.05) is 0 Å². The Hall–Kier alpha value is -2.35. The topological polar surface area (TPSA) is 104 Å². The van der Waals surface area contributed by atoms with E-state index in [0.29, 0.717) is 11.3 Å². The normalized spacial score (nSPS) is 11.0. The molecule has 1 amide bonds. The molecular weight excluding hydrogens is 268 g/mol. The first-order valence-corrected chi connectivity index (χ1v) is 6.85. The van der Waals surface area contributed by atoms with Crippen molar-refractivity contribution in [3.8, 4) is 0 Å². The standard InChI is InChI=1S/C11H12N4O3S/c1-12-11(16)8-3-2-4-9(5-8)15-19(17,18)10-6-13-14-7-10/h2-7,15H,1H3,(H,12,16)(H,13,14). The average Bonchev–Trinajstić information content (AvgIpc) is 2.92. The van der Waals surface area contributed by atoms with E-state index in [-0.39, 0.29) is 10.8 Å². The molecule has 19 heavy (non-hydrogen) atoms. The van der Waals surface area contributed by atoms with Gasteiger partial charge in [-0.05, 0) is 18.2 Å². The zero-order valence-electron chi connectivity index (χ0n) is 10.0. The Kier molecular flexibility index (Phi) is 3.52. The Morgan fingerprint density at radius 1 is 1.37 bits per heavy atom. The monoisotopic (exact) mass is 280 g/mol. The molecule has 0 bridgehead atoms. The van der Waals surface area contributed by atoms with Crippen LogP contribution in [0.15, 0.2) is 41.6 Å². The van der Waals surface area contributed by atoms with Crippen molar-refractivity contribution in [3.63, 3.8) is 0 Å². The zero-order chi connectivity index (χ0) is 13.9. The van der Waals surface area contributed by atoms with Crippen molar-refractivity contribution in [2.24, 2.45) is 0 Å². The number of H-pyrrole nitrogens is 1. The highest BCUT2D eigenvalue weighted by molar-refractivity contribution is 7.92. The SMILES string of the molecule is CNC(=O)c1cccc(NS(=O)(=O)c2cn[nH]c2)c1. The van der Waals surface area contributed by atoms with Gasteiger partial charge in [-0.2, -0.15) is 5.10 Å². The van der Waals surface area contributed by atoms with Gasteiger partial charge in [0, 0.05) is 24.5 Å². The van der Waals surface area contributed by atoms with Gasteiger partial charge in [0.2, 0.25) is 0 Å². The van der Waals surface area contributed by atoms with E-state index in [2.05, 4.69) is 20.2 Å². The molecule has 0 aliphatic rings. The number of nitrogens with zero attached hydrogens (tertiary/aromatic N) is 1. The maximum Gasteiger partial charge on any atom is 0.265 e. The Bertz CT molecular complexity index is 680. The van der Waals surface area contributed by atoms with Crippen molar-refractivity contribution in [1.29, 1.82) is 0 Å². The van der Waals surface area contributed by atoms with Crippen LogP contribution in [0.1, 0.15) is 10.4 Å². The number of aromatic nitrogens is 2. The van der Waals surface area contributed by atoms with E-state index >= 15 is 0 Å². The molecule has 2 aromatic rings. The molecule has 0 aliphatic heterocycles. The van der Waals surface area contributed by atoms with Gasteiger partial charge in [-0.3, -0.25) is 14.6 Å². The van der Waals surface area contributed by atoms with Crippen molar-refractivity contribution < 1.29 is 13.2 Å². The van der Waals surface area contributed by atoms with Crippen LogP contribution in [0.25, 0.3) is 0 Å². The van der Waals surface area contributed by atoms with Crippen LogP contribution in [0.5, 0.6) is 0 Å². The third-order valence-corrected chi connectivity index (χ3v) is 3.74. The number of benzene rings is 1. The minimum absolute atomic E-state index is 0.0258. The molecule has 0 atom stereocenters. The highest BCUT2D eigenvalue weighted by Gasteiger charge is 2.15. The number of carbonyl (C=O) groups is 1. The summed E-state index contributed by atoms with van der Waals surface area (Å²) in [6.07, 6.45) is 2.47. The zero-order valence-corrected chi connectivity index (χ0v) is 10.9. The fraction of sp³-hybridized carbons (Fsp3) is 0.0909. The Labute approximate surface area is 110 Å². The molecule has 2 rings (SSSR count). The number of anilines is 1. The van der Waals surface area contributed by atoms with Crippen LogP contribution < -0.4 is 10.0 Å². The van der Waals surface area contributed by atoms with Crippen LogP contribution in [0, 0.1) is 0 Å². The van der Waals surface area contributed by atoms with Gasteiger partial charge >= 0.3 is 0 Å². The van der Waals surface area contributed by atoms with Crippen LogP contribution in [-0.2, 0) is 10.0 Å². The van der Waals surface area contributed by atoms with Gasteiger partial charge in [-0.1, -0.05) is 6.07 Å². The molecule has 1 heterocycles. The van der Waals surface area contributed by atoms with Gasteiger partial charge in [-0.15, -0.1) is 0 Å². The number of rotatable bonds is 4. The van der Waals surface area contributed by atoms with Crippen molar-refractivity contribution in [2.45, 2.75) is 4.90 Å². The van der Waals surface area contributed by atoms with Crippen LogP contribution in [-0.4, -0.2) is 31.6 Å². The quantitative estimate of drug-likeness (QED) is 0.761. The number of nitrogens with one attached hydrogen (secondary N) is 3. The molecule has 1 aromatic heterocycles. The highest BCUT2D eigenvalue weighted by Crippen LogP contribution is 2.16.